The highest BCUT2D eigenvalue weighted by Crippen LogP contribution is 2.36. The fraction of sp³-hybridized carbons (Fsp3) is 0.0526. The highest BCUT2D eigenvalue weighted by molar-refractivity contribution is 6.33. The molecular weight excluding hydrogens is 399 g/mol. The van der Waals surface area contributed by atoms with Crippen LogP contribution in [0.2, 0.25) is 5.02 Å². The first-order chi connectivity index (χ1) is 13.1. The number of benzene rings is 2. The number of anilines is 1. The summed E-state index contributed by atoms with van der Waals surface area (Å²) >= 11 is 5.96. The van der Waals surface area contributed by atoms with E-state index < -0.39 is 23.6 Å². The zero-order chi connectivity index (χ0) is 20.5. The molecule has 0 atom stereocenters. The standard InChI is InChI=1S/C19H11ClF3NO4/c20-14-6-3-11(19(21,22)23)9-13(14)15-7-8-16(28-15)17(25)24-12-4-1-10(2-5-12)18(26)27/h1-9H,(H,24,25)(H,26,27). The fourth-order valence-corrected chi connectivity index (χ4v) is 2.59. The van der Waals surface area contributed by atoms with E-state index >= 15 is 0 Å². The van der Waals surface area contributed by atoms with Crippen LogP contribution in [0.1, 0.15) is 26.5 Å². The molecule has 5 nitrogen and oxygen atoms in total. The van der Waals surface area contributed by atoms with E-state index in [-0.39, 0.29) is 27.7 Å². The maximum absolute atomic E-state index is 12.9. The molecule has 0 bridgehead atoms. The number of carbonyl (C=O) groups excluding carboxylic acids is 1. The molecule has 0 saturated carbocycles. The first-order valence-electron chi connectivity index (χ1n) is 7.77. The van der Waals surface area contributed by atoms with Crippen LogP contribution in [0, 0.1) is 0 Å². The molecule has 0 aliphatic carbocycles. The predicted molar refractivity (Wildman–Crippen MR) is 95.5 cm³/mol. The van der Waals surface area contributed by atoms with E-state index in [1.54, 1.807) is 0 Å². The summed E-state index contributed by atoms with van der Waals surface area (Å²) in [5.74, 6) is -1.91. The van der Waals surface area contributed by atoms with E-state index in [4.69, 9.17) is 21.1 Å². The smallest absolute Gasteiger partial charge is 0.416 e. The van der Waals surface area contributed by atoms with Gasteiger partial charge >= 0.3 is 12.1 Å². The summed E-state index contributed by atoms with van der Waals surface area (Å²) in [5, 5.41) is 11.4. The maximum atomic E-state index is 12.9. The Morgan fingerprint density at radius 1 is 1.00 bits per heavy atom. The number of halogens is 4. The molecule has 0 aliphatic rings. The molecule has 1 amide bonds. The Morgan fingerprint density at radius 2 is 1.68 bits per heavy atom. The third-order valence-electron chi connectivity index (χ3n) is 3.78. The van der Waals surface area contributed by atoms with Crippen molar-refractivity contribution in [2.45, 2.75) is 6.18 Å². The van der Waals surface area contributed by atoms with Gasteiger partial charge < -0.3 is 14.8 Å². The van der Waals surface area contributed by atoms with Crippen molar-refractivity contribution >= 4 is 29.2 Å². The molecule has 9 heteroatoms. The molecule has 2 N–H and O–H groups in total. The highest BCUT2D eigenvalue weighted by Gasteiger charge is 2.31. The van der Waals surface area contributed by atoms with Crippen LogP contribution in [-0.2, 0) is 6.18 Å². The topological polar surface area (TPSA) is 79.5 Å². The Balaban J connectivity index is 1.82. The van der Waals surface area contributed by atoms with E-state index in [0.29, 0.717) is 5.69 Å². The lowest BCUT2D eigenvalue weighted by molar-refractivity contribution is -0.137. The quantitative estimate of drug-likeness (QED) is 0.590. The summed E-state index contributed by atoms with van der Waals surface area (Å²) in [6, 6.07) is 10.9. The molecule has 28 heavy (non-hydrogen) atoms. The summed E-state index contributed by atoms with van der Waals surface area (Å²) in [4.78, 5) is 23.1. The molecule has 0 spiro atoms. The van der Waals surface area contributed by atoms with Gasteiger partial charge in [0.2, 0.25) is 0 Å². The lowest BCUT2D eigenvalue weighted by Gasteiger charge is -2.09. The molecule has 144 valence electrons. The Labute approximate surface area is 161 Å². The van der Waals surface area contributed by atoms with Gasteiger partial charge in [0.15, 0.2) is 5.76 Å². The predicted octanol–water partition coefficient (Wildman–Crippen LogP) is 5.57. The van der Waals surface area contributed by atoms with Gasteiger partial charge in [-0.15, -0.1) is 0 Å². The normalized spacial score (nSPS) is 11.3. The average Bonchev–Trinajstić information content (AvgIpc) is 3.11. The molecule has 0 saturated heterocycles. The number of furan rings is 1. The Kier molecular flexibility index (Phi) is 5.15. The number of aromatic carboxylic acids is 1. The van der Waals surface area contributed by atoms with Crippen molar-refractivity contribution in [3.05, 3.63) is 76.5 Å². The summed E-state index contributed by atoms with van der Waals surface area (Å²) in [5.41, 5.74) is -0.517. The zero-order valence-electron chi connectivity index (χ0n) is 13.9. The molecule has 0 aliphatic heterocycles. The third kappa shape index (κ3) is 4.17. The summed E-state index contributed by atoms with van der Waals surface area (Å²) in [7, 11) is 0. The van der Waals surface area contributed by atoms with Gasteiger partial charge in [-0.3, -0.25) is 4.79 Å². The number of carboxylic acids is 1. The molecule has 1 heterocycles. The fourth-order valence-electron chi connectivity index (χ4n) is 2.38. The lowest BCUT2D eigenvalue weighted by atomic mass is 10.1. The van der Waals surface area contributed by atoms with Gasteiger partial charge in [-0.25, -0.2) is 4.79 Å². The van der Waals surface area contributed by atoms with Crippen LogP contribution < -0.4 is 5.32 Å². The minimum atomic E-state index is -4.55. The molecule has 0 radical (unpaired) electrons. The SMILES string of the molecule is O=C(O)c1ccc(NC(=O)c2ccc(-c3cc(C(F)(F)F)ccc3Cl)o2)cc1. The molecule has 3 rings (SSSR count). The molecule has 2 aromatic carbocycles. The van der Waals surface area contributed by atoms with Crippen molar-refractivity contribution in [1.29, 1.82) is 0 Å². The number of rotatable bonds is 4. The van der Waals surface area contributed by atoms with Gasteiger partial charge in [0.05, 0.1) is 16.1 Å². The molecular formula is C19H11ClF3NO4. The Hall–Kier alpha value is -3.26. The molecule has 1 aromatic heterocycles. The number of hydrogen-bond donors (Lipinski definition) is 2. The van der Waals surface area contributed by atoms with Crippen LogP contribution in [0.15, 0.2) is 59.0 Å². The van der Waals surface area contributed by atoms with Gasteiger partial charge in [-0.2, -0.15) is 13.2 Å². The number of carbonyl (C=O) groups is 2. The second kappa shape index (κ2) is 7.40. The van der Waals surface area contributed by atoms with Gasteiger partial charge in [-0.05, 0) is 54.6 Å². The van der Waals surface area contributed by atoms with Gasteiger partial charge in [0.25, 0.3) is 5.91 Å². The zero-order valence-corrected chi connectivity index (χ0v) is 14.6. The van der Waals surface area contributed by atoms with Crippen molar-refractivity contribution in [3.8, 4) is 11.3 Å². The van der Waals surface area contributed by atoms with E-state index in [1.165, 1.54) is 36.4 Å². The number of nitrogens with one attached hydrogen (secondary N) is 1. The van der Waals surface area contributed by atoms with Gasteiger partial charge in [0, 0.05) is 11.3 Å². The van der Waals surface area contributed by atoms with Crippen molar-refractivity contribution < 1.29 is 32.3 Å². The maximum Gasteiger partial charge on any atom is 0.416 e. The minimum absolute atomic E-state index is 0.00125. The van der Waals surface area contributed by atoms with Crippen molar-refractivity contribution in [2.24, 2.45) is 0 Å². The molecule has 0 unspecified atom stereocenters. The van der Waals surface area contributed by atoms with E-state index in [0.717, 1.165) is 18.2 Å². The van der Waals surface area contributed by atoms with E-state index in [9.17, 15) is 22.8 Å². The number of alkyl halides is 3. The number of hydrogen-bond acceptors (Lipinski definition) is 3. The highest BCUT2D eigenvalue weighted by atomic mass is 35.5. The second-order valence-electron chi connectivity index (χ2n) is 5.69. The number of carboxylic acid groups (broad SMARTS) is 1. The second-order valence-corrected chi connectivity index (χ2v) is 6.10. The van der Waals surface area contributed by atoms with Gasteiger partial charge in [0.1, 0.15) is 5.76 Å². The summed E-state index contributed by atoms with van der Waals surface area (Å²) in [6.07, 6.45) is -4.55. The monoisotopic (exact) mass is 409 g/mol. The van der Waals surface area contributed by atoms with Crippen LogP contribution in [0.3, 0.4) is 0 Å². The van der Waals surface area contributed by atoms with Crippen LogP contribution in [0.5, 0.6) is 0 Å². The van der Waals surface area contributed by atoms with Crippen LogP contribution >= 0.6 is 11.6 Å². The minimum Gasteiger partial charge on any atom is -0.478 e. The molecule has 0 fully saturated rings. The summed E-state index contributed by atoms with van der Waals surface area (Å²) in [6.45, 7) is 0. The number of amides is 1. The third-order valence-corrected chi connectivity index (χ3v) is 4.11. The summed E-state index contributed by atoms with van der Waals surface area (Å²) < 4.78 is 44.0. The van der Waals surface area contributed by atoms with Gasteiger partial charge in [-0.1, -0.05) is 11.6 Å². The van der Waals surface area contributed by atoms with Crippen molar-refractivity contribution in [3.63, 3.8) is 0 Å². The first kappa shape index (κ1) is 19.5. The average molecular weight is 410 g/mol. The van der Waals surface area contributed by atoms with Crippen LogP contribution in [0.25, 0.3) is 11.3 Å². The Bertz CT molecular complexity index is 1040. The Morgan fingerprint density at radius 3 is 2.29 bits per heavy atom. The van der Waals surface area contributed by atoms with Crippen molar-refractivity contribution in [2.75, 3.05) is 5.32 Å². The lowest BCUT2D eigenvalue weighted by Crippen LogP contribution is -2.11. The van der Waals surface area contributed by atoms with Crippen LogP contribution in [0.4, 0.5) is 18.9 Å². The molecule has 3 aromatic rings. The van der Waals surface area contributed by atoms with E-state index in [2.05, 4.69) is 5.32 Å². The van der Waals surface area contributed by atoms with Crippen molar-refractivity contribution in [1.82, 2.24) is 0 Å². The largest absolute Gasteiger partial charge is 0.478 e. The van der Waals surface area contributed by atoms with E-state index in [1.807, 2.05) is 0 Å². The first-order valence-corrected chi connectivity index (χ1v) is 8.14. The van der Waals surface area contributed by atoms with Crippen LogP contribution in [-0.4, -0.2) is 17.0 Å².